The van der Waals surface area contributed by atoms with E-state index in [-0.39, 0.29) is 5.91 Å². The number of fused-ring (bicyclic) bond motifs is 1. The van der Waals surface area contributed by atoms with Crippen LogP contribution in [0.3, 0.4) is 0 Å². The smallest absolute Gasteiger partial charge is 0.272 e. The molecule has 0 spiro atoms. The topological polar surface area (TPSA) is 72.8 Å². The Morgan fingerprint density at radius 3 is 2.67 bits per heavy atom. The van der Waals surface area contributed by atoms with E-state index in [1.54, 1.807) is 37.6 Å². The molecule has 6 nitrogen and oxygen atoms in total. The van der Waals surface area contributed by atoms with Crippen molar-refractivity contribution in [1.29, 1.82) is 0 Å². The number of carbonyl (C=O) groups excluding carboxylic acids is 1. The fourth-order valence-corrected chi connectivity index (χ4v) is 4.19. The second-order valence-electron chi connectivity index (χ2n) is 8.53. The number of aromatic nitrogens is 1. The first kappa shape index (κ1) is 24.1. The minimum atomic E-state index is -0.278. The van der Waals surface area contributed by atoms with Crippen molar-refractivity contribution >= 4 is 46.2 Å². The molecule has 1 fully saturated rings. The minimum absolute atomic E-state index is 0.278. The normalized spacial score (nSPS) is 13.2. The van der Waals surface area contributed by atoms with Gasteiger partial charge in [-0.3, -0.25) is 9.78 Å². The van der Waals surface area contributed by atoms with Crippen molar-refractivity contribution in [2.75, 3.05) is 7.11 Å². The third-order valence-corrected chi connectivity index (χ3v) is 6.66. The van der Waals surface area contributed by atoms with E-state index >= 15 is 0 Å². The molecule has 1 N–H and O–H groups in total. The lowest BCUT2D eigenvalue weighted by Gasteiger charge is -2.12. The highest BCUT2D eigenvalue weighted by molar-refractivity contribution is 6.42. The number of para-hydroxylation sites is 1. The number of benzene rings is 3. The van der Waals surface area contributed by atoms with E-state index in [0.29, 0.717) is 39.6 Å². The first-order valence-corrected chi connectivity index (χ1v) is 12.3. The quantitative estimate of drug-likeness (QED) is 0.206. The molecule has 0 unspecified atom stereocenters. The Morgan fingerprint density at radius 2 is 1.89 bits per heavy atom. The van der Waals surface area contributed by atoms with E-state index in [0.717, 1.165) is 40.6 Å². The fourth-order valence-electron chi connectivity index (χ4n) is 3.87. The summed E-state index contributed by atoms with van der Waals surface area (Å²) in [5, 5.41) is 5.94. The summed E-state index contributed by atoms with van der Waals surface area (Å²) in [7, 11) is 1.57. The van der Waals surface area contributed by atoms with Crippen LogP contribution in [-0.4, -0.2) is 24.2 Å². The summed E-state index contributed by atoms with van der Waals surface area (Å²) < 4.78 is 11.4. The third kappa shape index (κ3) is 5.45. The van der Waals surface area contributed by atoms with Gasteiger partial charge >= 0.3 is 0 Å². The van der Waals surface area contributed by atoms with E-state index < -0.39 is 0 Å². The minimum Gasteiger partial charge on any atom is -0.493 e. The molecule has 1 heterocycles. The highest BCUT2D eigenvalue weighted by atomic mass is 35.5. The van der Waals surface area contributed by atoms with Crippen molar-refractivity contribution in [2.45, 2.75) is 25.4 Å². The van der Waals surface area contributed by atoms with Crippen molar-refractivity contribution in [2.24, 2.45) is 5.10 Å². The largest absolute Gasteiger partial charge is 0.493 e. The van der Waals surface area contributed by atoms with Crippen LogP contribution in [0.15, 0.2) is 71.8 Å². The molecule has 1 saturated carbocycles. The number of hydrogen-bond donors (Lipinski definition) is 1. The number of nitrogens with zero attached hydrogens (tertiary/aromatic N) is 2. The maximum atomic E-state index is 13.0. The number of amides is 1. The van der Waals surface area contributed by atoms with Gasteiger partial charge in [-0.1, -0.05) is 47.5 Å². The second-order valence-corrected chi connectivity index (χ2v) is 9.35. The van der Waals surface area contributed by atoms with E-state index in [4.69, 9.17) is 37.7 Å². The SMILES string of the molecule is COc1cc(/C=N\NC(=O)c2cc(C3CC3)nc3ccccc23)ccc1OCc1ccc(Cl)c(Cl)c1. The Hall–Kier alpha value is -3.61. The van der Waals surface area contributed by atoms with Gasteiger partial charge < -0.3 is 9.47 Å². The number of methoxy groups -OCH3 is 1. The Kier molecular flexibility index (Phi) is 7.07. The van der Waals surface area contributed by atoms with Gasteiger partial charge in [-0.2, -0.15) is 5.10 Å². The van der Waals surface area contributed by atoms with E-state index in [1.165, 1.54) is 0 Å². The predicted octanol–water partition coefficient (Wildman–Crippen LogP) is 6.77. The van der Waals surface area contributed by atoms with Crippen LogP contribution >= 0.6 is 23.2 Å². The maximum Gasteiger partial charge on any atom is 0.272 e. The van der Waals surface area contributed by atoms with Gasteiger partial charge in [0, 0.05) is 17.0 Å². The first-order valence-electron chi connectivity index (χ1n) is 11.5. The molecule has 8 heteroatoms. The van der Waals surface area contributed by atoms with Crippen molar-refractivity contribution in [1.82, 2.24) is 10.4 Å². The lowest BCUT2D eigenvalue weighted by Crippen LogP contribution is -2.18. The van der Waals surface area contributed by atoms with Crippen LogP contribution in [0.25, 0.3) is 10.9 Å². The van der Waals surface area contributed by atoms with Gasteiger partial charge in [0.15, 0.2) is 11.5 Å². The molecule has 36 heavy (non-hydrogen) atoms. The lowest BCUT2D eigenvalue weighted by molar-refractivity contribution is 0.0956. The molecule has 1 aliphatic carbocycles. The molecule has 0 bridgehead atoms. The van der Waals surface area contributed by atoms with Gasteiger partial charge in [-0.15, -0.1) is 0 Å². The van der Waals surface area contributed by atoms with E-state index in [2.05, 4.69) is 10.5 Å². The predicted molar refractivity (Wildman–Crippen MR) is 143 cm³/mol. The maximum absolute atomic E-state index is 13.0. The second kappa shape index (κ2) is 10.6. The number of pyridine rings is 1. The molecule has 0 radical (unpaired) electrons. The number of nitrogens with one attached hydrogen (secondary N) is 1. The first-order chi connectivity index (χ1) is 17.5. The molecule has 182 valence electrons. The number of hydrazone groups is 1. The van der Waals surface area contributed by atoms with Crippen molar-refractivity contribution in [3.05, 3.63) is 99.2 Å². The van der Waals surface area contributed by atoms with Crippen LogP contribution < -0.4 is 14.9 Å². The number of rotatable bonds is 8. The Labute approximate surface area is 218 Å². The molecule has 1 aromatic heterocycles. The van der Waals surface area contributed by atoms with Gasteiger partial charge in [0.1, 0.15) is 6.61 Å². The molecule has 5 rings (SSSR count). The monoisotopic (exact) mass is 519 g/mol. The van der Waals surface area contributed by atoms with Crippen LogP contribution in [0.5, 0.6) is 11.5 Å². The van der Waals surface area contributed by atoms with Crippen LogP contribution in [0.4, 0.5) is 0 Å². The molecule has 1 amide bonds. The van der Waals surface area contributed by atoms with E-state index in [1.807, 2.05) is 42.5 Å². The van der Waals surface area contributed by atoms with Gasteiger partial charge in [-0.05, 0) is 66.4 Å². The Morgan fingerprint density at radius 1 is 1.06 bits per heavy atom. The van der Waals surface area contributed by atoms with Gasteiger partial charge in [0.2, 0.25) is 0 Å². The average molecular weight is 520 g/mol. The van der Waals surface area contributed by atoms with E-state index in [9.17, 15) is 4.79 Å². The lowest BCUT2D eigenvalue weighted by atomic mass is 10.1. The van der Waals surface area contributed by atoms with Gasteiger partial charge in [0.05, 0.1) is 34.4 Å². The molecule has 0 aliphatic heterocycles. The summed E-state index contributed by atoms with van der Waals surface area (Å²) in [5.74, 6) is 1.27. The fraction of sp³-hybridized carbons (Fsp3) is 0.179. The summed E-state index contributed by atoms with van der Waals surface area (Å²) in [4.78, 5) is 17.7. The van der Waals surface area contributed by atoms with Crippen LogP contribution in [0.1, 0.15) is 45.9 Å². The summed E-state index contributed by atoms with van der Waals surface area (Å²) in [6.45, 7) is 0.305. The van der Waals surface area contributed by atoms with Crippen molar-refractivity contribution in [3.8, 4) is 11.5 Å². The summed E-state index contributed by atoms with van der Waals surface area (Å²) >= 11 is 12.1. The molecule has 1 aliphatic rings. The molecule has 0 atom stereocenters. The molecular formula is C28H23Cl2N3O3. The Balaban J connectivity index is 1.28. The van der Waals surface area contributed by atoms with Crippen LogP contribution in [0, 0.1) is 0 Å². The highest BCUT2D eigenvalue weighted by Crippen LogP contribution is 2.40. The zero-order chi connectivity index (χ0) is 25.1. The zero-order valence-electron chi connectivity index (χ0n) is 19.5. The average Bonchev–Trinajstić information content (AvgIpc) is 3.74. The summed E-state index contributed by atoms with van der Waals surface area (Å²) in [6, 6.07) is 20.3. The van der Waals surface area contributed by atoms with Crippen molar-refractivity contribution in [3.63, 3.8) is 0 Å². The highest BCUT2D eigenvalue weighted by Gasteiger charge is 2.26. The summed E-state index contributed by atoms with van der Waals surface area (Å²) in [5.41, 5.74) is 6.62. The van der Waals surface area contributed by atoms with Crippen LogP contribution in [-0.2, 0) is 6.61 Å². The third-order valence-electron chi connectivity index (χ3n) is 5.92. The number of carbonyl (C=O) groups is 1. The van der Waals surface area contributed by atoms with Crippen molar-refractivity contribution < 1.29 is 14.3 Å². The molecule has 0 saturated heterocycles. The standard InChI is InChI=1S/C28H23Cl2N3O3/c1-35-27-13-17(7-11-26(27)36-16-18-6-10-22(29)23(30)12-18)15-31-33-28(34)21-14-25(19-8-9-19)32-24-5-3-2-4-20(21)24/h2-7,10-15,19H,8-9,16H2,1H3,(H,33,34)/b31-15-. The molecular weight excluding hydrogens is 497 g/mol. The van der Waals surface area contributed by atoms with Gasteiger partial charge in [0.25, 0.3) is 5.91 Å². The number of ether oxygens (including phenoxy) is 2. The molecule has 4 aromatic rings. The Bertz CT molecular complexity index is 1470. The number of halogens is 2. The number of hydrogen-bond acceptors (Lipinski definition) is 5. The zero-order valence-corrected chi connectivity index (χ0v) is 21.0. The molecule has 3 aromatic carbocycles. The van der Waals surface area contributed by atoms with Crippen LogP contribution in [0.2, 0.25) is 10.0 Å². The van der Waals surface area contributed by atoms with Gasteiger partial charge in [-0.25, -0.2) is 5.43 Å². The summed E-state index contributed by atoms with van der Waals surface area (Å²) in [6.07, 6.45) is 3.79.